The Kier molecular flexibility index (Phi) is 4.93. The van der Waals surface area contributed by atoms with E-state index in [0.717, 1.165) is 25.7 Å². The molecule has 1 aliphatic carbocycles. The Morgan fingerprint density at radius 2 is 2.00 bits per heavy atom. The Bertz CT molecular complexity index is 306. The normalized spacial score (nSPS) is 18.4. The third-order valence-electron chi connectivity index (χ3n) is 3.02. The Morgan fingerprint density at radius 3 is 2.44 bits per heavy atom. The standard InChI is InChI=1S/C12H22N2O4/c1-12(2,3)18-11(15)13-10(8-14(16)17)9-6-4-5-7-9/h9-10H,4-8H2,1-3H3,(H,13,15)/t10-/m1/s1. The average Bonchev–Trinajstić information content (AvgIpc) is 2.64. The van der Waals surface area contributed by atoms with Gasteiger partial charge in [-0.15, -0.1) is 0 Å². The summed E-state index contributed by atoms with van der Waals surface area (Å²) in [6, 6.07) is -0.419. The Hall–Kier alpha value is -1.33. The number of nitrogens with zero attached hydrogens (tertiary/aromatic N) is 1. The molecule has 0 aromatic heterocycles. The number of rotatable bonds is 4. The summed E-state index contributed by atoms with van der Waals surface area (Å²) in [6.45, 7) is 5.07. The molecule has 0 heterocycles. The molecular formula is C12H22N2O4. The number of ether oxygens (including phenoxy) is 1. The first-order valence-electron chi connectivity index (χ1n) is 6.39. The Labute approximate surface area is 107 Å². The molecule has 0 saturated heterocycles. The first-order valence-corrected chi connectivity index (χ1v) is 6.39. The van der Waals surface area contributed by atoms with E-state index in [1.807, 2.05) is 0 Å². The minimum absolute atomic E-state index is 0.197. The number of amides is 1. The van der Waals surface area contributed by atoms with Gasteiger partial charge in [0, 0.05) is 4.92 Å². The molecule has 0 bridgehead atoms. The smallest absolute Gasteiger partial charge is 0.408 e. The predicted molar refractivity (Wildman–Crippen MR) is 67.0 cm³/mol. The van der Waals surface area contributed by atoms with Gasteiger partial charge in [0.1, 0.15) is 5.60 Å². The maximum Gasteiger partial charge on any atom is 0.408 e. The zero-order valence-electron chi connectivity index (χ0n) is 11.3. The molecule has 0 radical (unpaired) electrons. The lowest BCUT2D eigenvalue weighted by Crippen LogP contribution is -2.46. The van der Waals surface area contributed by atoms with Crippen LogP contribution in [0.25, 0.3) is 0 Å². The van der Waals surface area contributed by atoms with Crippen molar-refractivity contribution in [2.24, 2.45) is 5.92 Å². The molecule has 1 fully saturated rings. The van der Waals surface area contributed by atoms with E-state index in [9.17, 15) is 14.9 Å². The molecule has 0 aromatic rings. The molecule has 0 spiro atoms. The lowest BCUT2D eigenvalue weighted by Gasteiger charge is -2.24. The molecule has 1 rings (SSSR count). The fraction of sp³-hybridized carbons (Fsp3) is 0.917. The molecule has 18 heavy (non-hydrogen) atoms. The van der Waals surface area contributed by atoms with Crippen molar-refractivity contribution in [1.29, 1.82) is 0 Å². The largest absolute Gasteiger partial charge is 0.444 e. The highest BCUT2D eigenvalue weighted by Gasteiger charge is 2.31. The number of carbonyl (C=O) groups is 1. The number of hydrogen-bond donors (Lipinski definition) is 1. The summed E-state index contributed by atoms with van der Waals surface area (Å²) in [5.41, 5.74) is -0.584. The molecule has 0 aromatic carbocycles. The highest BCUT2D eigenvalue weighted by molar-refractivity contribution is 5.68. The number of nitrogens with one attached hydrogen (secondary N) is 1. The topological polar surface area (TPSA) is 81.5 Å². The second-order valence-electron chi connectivity index (χ2n) is 5.81. The summed E-state index contributed by atoms with van der Waals surface area (Å²) < 4.78 is 5.14. The van der Waals surface area contributed by atoms with Gasteiger partial charge in [-0.05, 0) is 39.5 Å². The van der Waals surface area contributed by atoms with Gasteiger partial charge in [-0.1, -0.05) is 12.8 Å². The fourth-order valence-electron chi connectivity index (χ4n) is 2.29. The molecule has 1 aliphatic rings. The van der Waals surface area contributed by atoms with Crippen LogP contribution < -0.4 is 5.32 Å². The van der Waals surface area contributed by atoms with E-state index in [4.69, 9.17) is 4.74 Å². The fourth-order valence-corrected chi connectivity index (χ4v) is 2.29. The van der Waals surface area contributed by atoms with E-state index in [1.54, 1.807) is 20.8 Å². The zero-order valence-corrected chi connectivity index (χ0v) is 11.3. The van der Waals surface area contributed by atoms with E-state index in [1.165, 1.54) is 0 Å². The highest BCUT2D eigenvalue weighted by atomic mass is 16.6. The van der Waals surface area contributed by atoms with Crippen LogP contribution in [0.1, 0.15) is 46.5 Å². The van der Waals surface area contributed by atoms with Crippen LogP contribution in [-0.2, 0) is 4.74 Å². The van der Waals surface area contributed by atoms with Gasteiger partial charge in [0.2, 0.25) is 6.54 Å². The van der Waals surface area contributed by atoms with Crippen molar-refractivity contribution in [1.82, 2.24) is 5.32 Å². The van der Waals surface area contributed by atoms with Crippen molar-refractivity contribution in [3.05, 3.63) is 10.1 Å². The first kappa shape index (κ1) is 14.7. The van der Waals surface area contributed by atoms with Crippen LogP contribution >= 0.6 is 0 Å². The third kappa shape index (κ3) is 5.33. The monoisotopic (exact) mass is 258 g/mol. The zero-order chi connectivity index (χ0) is 13.8. The van der Waals surface area contributed by atoms with Crippen LogP contribution in [0.3, 0.4) is 0 Å². The van der Waals surface area contributed by atoms with Gasteiger partial charge >= 0.3 is 6.09 Å². The summed E-state index contributed by atoms with van der Waals surface area (Å²) >= 11 is 0. The summed E-state index contributed by atoms with van der Waals surface area (Å²) in [7, 11) is 0. The average molecular weight is 258 g/mol. The lowest BCUT2D eigenvalue weighted by molar-refractivity contribution is -0.484. The molecule has 1 atom stereocenters. The minimum atomic E-state index is -0.584. The highest BCUT2D eigenvalue weighted by Crippen LogP contribution is 2.28. The maximum atomic E-state index is 11.7. The van der Waals surface area contributed by atoms with Crippen LogP contribution in [0.2, 0.25) is 0 Å². The SMILES string of the molecule is CC(C)(C)OC(=O)N[C@H](C[N+](=O)[O-])C1CCCC1. The van der Waals surface area contributed by atoms with Crippen LogP contribution in [0.15, 0.2) is 0 Å². The number of hydrogen-bond acceptors (Lipinski definition) is 4. The van der Waals surface area contributed by atoms with E-state index < -0.39 is 17.7 Å². The summed E-state index contributed by atoms with van der Waals surface area (Å²) in [4.78, 5) is 21.9. The second kappa shape index (κ2) is 6.02. The van der Waals surface area contributed by atoms with Crippen LogP contribution in [-0.4, -0.2) is 29.2 Å². The molecule has 0 unspecified atom stereocenters. The predicted octanol–water partition coefficient (Wildman–Crippen LogP) is 2.35. The van der Waals surface area contributed by atoms with E-state index in [-0.39, 0.29) is 17.4 Å². The van der Waals surface area contributed by atoms with E-state index in [0.29, 0.717) is 0 Å². The Morgan fingerprint density at radius 1 is 1.44 bits per heavy atom. The van der Waals surface area contributed by atoms with Gasteiger partial charge in [-0.25, -0.2) is 4.79 Å². The van der Waals surface area contributed by atoms with Gasteiger partial charge in [-0.2, -0.15) is 0 Å². The van der Waals surface area contributed by atoms with Crippen molar-refractivity contribution >= 4 is 6.09 Å². The molecular weight excluding hydrogens is 236 g/mol. The van der Waals surface area contributed by atoms with E-state index in [2.05, 4.69) is 5.32 Å². The number of alkyl carbamates (subject to hydrolysis) is 1. The Balaban J connectivity index is 2.54. The van der Waals surface area contributed by atoms with Crippen LogP contribution in [0.5, 0.6) is 0 Å². The van der Waals surface area contributed by atoms with Crippen molar-refractivity contribution in [3.8, 4) is 0 Å². The molecule has 0 aliphatic heterocycles. The quantitative estimate of drug-likeness (QED) is 0.620. The number of nitro groups is 1. The minimum Gasteiger partial charge on any atom is -0.444 e. The van der Waals surface area contributed by atoms with Gasteiger partial charge in [0.25, 0.3) is 0 Å². The van der Waals surface area contributed by atoms with Crippen LogP contribution in [0.4, 0.5) is 4.79 Å². The third-order valence-corrected chi connectivity index (χ3v) is 3.02. The van der Waals surface area contributed by atoms with Crippen molar-refractivity contribution in [3.63, 3.8) is 0 Å². The molecule has 1 saturated carbocycles. The van der Waals surface area contributed by atoms with Crippen molar-refractivity contribution < 1.29 is 14.5 Å². The summed E-state index contributed by atoms with van der Waals surface area (Å²) in [6.07, 6.45) is 3.47. The summed E-state index contributed by atoms with van der Waals surface area (Å²) in [5, 5.41) is 13.3. The molecule has 1 N–H and O–H groups in total. The second-order valence-corrected chi connectivity index (χ2v) is 5.81. The van der Waals surface area contributed by atoms with Crippen molar-refractivity contribution in [2.45, 2.75) is 58.1 Å². The number of carbonyl (C=O) groups excluding carboxylic acids is 1. The lowest BCUT2D eigenvalue weighted by atomic mass is 9.98. The van der Waals surface area contributed by atoms with Crippen molar-refractivity contribution in [2.75, 3.05) is 6.54 Å². The summed E-state index contributed by atoms with van der Waals surface area (Å²) in [5.74, 6) is 0.197. The van der Waals surface area contributed by atoms with Gasteiger partial charge < -0.3 is 10.1 Å². The first-order chi connectivity index (χ1) is 8.28. The molecule has 1 amide bonds. The van der Waals surface area contributed by atoms with Crippen LogP contribution in [0, 0.1) is 16.0 Å². The maximum absolute atomic E-state index is 11.7. The van der Waals surface area contributed by atoms with Gasteiger partial charge in [0.15, 0.2) is 0 Å². The van der Waals surface area contributed by atoms with Gasteiger partial charge in [0.05, 0.1) is 6.04 Å². The molecule has 104 valence electrons. The molecule has 6 heteroatoms. The van der Waals surface area contributed by atoms with Gasteiger partial charge in [-0.3, -0.25) is 10.1 Å². The van der Waals surface area contributed by atoms with E-state index >= 15 is 0 Å². The molecule has 6 nitrogen and oxygen atoms in total.